The maximum Gasteiger partial charge on any atom is 0.254 e. The number of carbonyl (C=O) groups is 2. The van der Waals surface area contributed by atoms with Gasteiger partial charge in [0.1, 0.15) is 0 Å². The molecule has 3 atom stereocenters. The molecule has 0 aliphatic carbocycles. The monoisotopic (exact) mass is 284 g/mol. The third kappa shape index (κ3) is 1.74. The van der Waals surface area contributed by atoms with Crippen molar-refractivity contribution in [2.24, 2.45) is 5.41 Å². The summed E-state index contributed by atoms with van der Waals surface area (Å²) in [6.07, 6.45) is 4.82. The number of rotatable bonds is 1. The standard InChI is InChI=1S/C17H20N2O2/c20-15(12-5-2-1-3-6-12)19-13-7-8-14(19)17(11-13)9-4-10-18-16(17)21/h1-3,5-6,13-14H,4,7-11H2,(H,18,21)/t13?,14?,17-/m0/s1. The Morgan fingerprint density at radius 2 is 2.05 bits per heavy atom. The molecule has 2 amide bonds. The molecule has 3 aliphatic rings. The van der Waals surface area contributed by atoms with Gasteiger partial charge in [0.15, 0.2) is 0 Å². The number of hydrogen-bond donors (Lipinski definition) is 1. The lowest BCUT2D eigenvalue weighted by molar-refractivity contribution is -0.135. The average molecular weight is 284 g/mol. The molecule has 2 unspecified atom stereocenters. The van der Waals surface area contributed by atoms with Crippen LogP contribution in [0.25, 0.3) is 0 Å². The van der Waals surface area contributed by atoms with Gasteiger partial charge in [0.2, 0.25) is 5.91 Å². The van der Waals surface area contributed by atoms with E-state index < -0.39 is 0 Å². The molecule has 2 bridgehead atoms. The zero-order valence-electron chi connectivity index (χ0n) is 12.0. The number of hydrogen-bond acceptors (Lipinski definition) is 2. The van der Waals surface area contributed by atoms with Gasteiger partial charge in [-0.1, -0.05) is 18.2 Å². The van der Waals surface area contributed by atoms with Crippen LogP contribution in [-0.4, -0.2) is 35.3 Å². The molecular formula is C17H20N2O2. The molecule has 4 heteroatoms. The molecule has 0 radical (unpaired) electrons. The van der Waals surface area contributed by atoms with Gasteiger partial charge < -0.3 is 10.2 Å². The van der Waals surface area contributed by atoms with Crippen LogP contribution in [0.5, 0.6) is 0 Å². The predicted molar refractivity (Wildman–Crippen MR) is 78.7 cm³/mol. The first-order valence-corrected chi connectivity index (χ1v) is 7.88. The van der Waals surface area contributed by atoms with Crippen molar-refractivity contribution >= 4 is 11.8 Å². The van der Waals surface area contributed by atoms with Gasteiger partial charge in [-0.05, 0) is 44.2 Å². The van der Waals surface area contributed by atoms with Crippen molar-refractivity contribution in [1.29, 1.82) is 0 Å². The van der Waals surface area contributed by atoms with Crippen molar-refractivity contribution in [3.63, 3.8) is 0 Å². The summed E-state index contributed by atoms with van der Waals surface area (Å²) < 4.78 is 0. The molecule has 1 spiro atoms. The number of amides is 2. The maximum atomic E-state index is 12.8. The number of piperidine rings is 1. The third-order valence-corrected chi connectivity index (χ3v) is 5.53. The Bertz CT molecular complexity index is 586. The molecule has 0 aromatic heterocycles. The maximum absolute atomic E-state index is 12.8. The molecule has 0 saturated carbocycles. The minimum atomic E-state index is -0.314. The third-order valence-electron chi connectivity index (χ3n) is 5.53. The quantitative estimate of drug-likeness (QED) is 0.857. The molecule has 3 aliphatic heterocycles. The molecule has 3 heterocycles. The first-order valence-electron chi connectivity index (χ1n) is 7.88. The predicted octanol–water partition coefficient (Wildman–Crippen LogP) is 1.96. The molecule has 3 fully saturated rings. The SMILES string of the molecule is O=C(c1ccccc1)N1C2CCC1[C@]1(CCCNC1=O)C2. The molecule has 4 nitrogen and oxygen atoms in total. The Morgan fingerprint density at radius 3 is 2.81 bits per heavy atom. The van der Waals surface area contributed by atoms with Gasteiger partial charge >= 0.3 is 0 Å². The number of carbonyl (C=O) groups excluding carboxylic acids is 2. The summed E-state index contributed by atoms with van der Waals surface area (Å²) in [5.41, 5.74) is 0.425. The van der Waals surface area contributed by atoms with E-state index in [-0.39, 0.29) is 29.3 Å². The highest BCUT2D eigenvalue weighted by Crippen LogP contribution is 2.53. The molecule has 110 valence electrons. The van der Waals surface area contributed by atoms with Crippen LogP contribution in [0.4, 0.5) is 0 Å². The first-order chi connectivity index (χ1) is 10.2. The summed E-state index contributed by atoms with van der Waals surface area (Å²) in [6.45, 7) is 0.782. The van der Waals surface area contributed by atoms with Crippen LogP contribution in [0.2, 0.25) is 0 Å². The number of nitrogens with one attached hydrogen (secondary N) is 1. The zero-order valence-corrected chi connectivity index (χ0v) is 12.0. The number of nitrogens with zero attached hydrogens (tertiary/aromatic N) is 1. The van der Waals surface area contributed by atoms with Gasteiger partial charge in [-0.25, -0.2) is 0 Å². The van der Waals surface area contributed by atoms with Gasteiger partial charge in [-0.2, -0.15) is 0 Å². The topological polar surface area (TPSA) is 49.4 Å². The lowest BCUT2D eigenvalue weighted by atomic mass is 9.68. The van der Waals surface area contributed by atoms with E-state index in [9.17, 15) is 9.59 Å². The van der Waals surface area contributed by atoms with Crippen molar-refractivity contribution in [1.82, 2.24) is 10.2 Å². The Hall–Kier alpha value is -1.84. The average Bonchev–Trinajstić information content (AvgIpc) is 3.07. The van der Waals surface area contributed by atoms with E-state index >= 15 is 0 Å². The van der Waals surface area contributed by atoms with E-state index in [0.717, 1.165) is 44.2 Å². The fraction of sp³-hybridized carbons (Fsp3) is 0.529. The highest BCUT2D eigenvalue weighted by molar-refractivity contribution is 5.96. The highest BCUT2D eigenvalue weighted by atomic mass is 16.2. The van der Waals surface area contributed by atoms with Crippen LogP contribution in [0.1, 0.15) is 42.5 Å². The molecule has 1 aromatic rings. The van der Waals surface area contributed by atoms with E-state index in [1.54, 1.807) is 0 Å². The number of fused-ring (bicyclic) bond motifs is 3. The molecule has 21 heavy (non-hydrogen) atoms. The minimum absolute atomic E-state index is 0.0931. The molecule has 4 rings (SSSR count). The van der Waals surface area contributed by atoms with Gasteiger partial charge in [0, 0.05) is 24.2 Å². The summed E-state index contributed by atoms with van der Waals surface area (Å²) in [4.78, 5) is 27.3. The molecule has 1 N–H and O–H groups in total. The van der Waals surface area contributed by atoms with Crippen LogP contribution >= 0.6 is 0 Å². The van der Waals surface area contributed by atoms with Crippen molar-refractivity contribution in [3.8, 4) is 0 Å². The largest absolute Gasteiger partial charge is 0.356 e. The van der Waals surface area contributed by atoms with Crippen molar-refractivity contribution in [2.45, 2.75) is 44.2 Å². The van der Waals surface area contributed by atoms with Crippen molar-refractivity contribution < 1.29 is 9.59 Å². The Kier molecular flexibility index (Phi) is 2.81. The molecule has 3 saturated heterocycles. The summed E-state index contributed by atoms with van der Waals surface area (Å²) in [7, 11) is 0. The summed E-state index contributed by atoms with van der Waals surface area (Å²) >= 11 is 0. The second-order valence-electron chi connectivity index (χ2n) is 6.55. The summed E-state index contributed by atoms with van der Waals surface area (Å²) in [5.74, 6) is 0.269. The van der Waals surface area contributed by atoms with Crippen LogP contribution in [0.15, 0.2) is 30.3 Å². The van der Waals surface area contributed by atoms with E-state index in [4.69, 9.17) is 0 Å². The first kappa shape index (κ1) is 12.9. The van der Waals surface area contributed by atoms with Gasteiger partial charge in [0.25, 0.3) is 5.91 Å². The normalized spacial score (nSPS) is 34.3. The van der Waals surface area contributed by atoms with E-state index in [0.29, 0.717) is 0 Å². The van der Waals surface area contributed by atoms with Crippen LogP contribution in [0.3, 0.4) is 0 Å². The second-order valence-corrected chi connectivity index (χ2v) is 6.55. The highest BCUT2D eigenvalue weighted by Gasteiger charge is 2.61. The Balaban J connectivity index is 1.66. The Labute approximate surface area is 124 Å². The lowest BCUT2D eigenvalue weighted by Crippen LogP contribution is -2.53. The Morgan fingerprint density at radius 1 is 1.24 bits per heavy atom. The van der Waals surface area contributed by atoms with Crippen LogP contribution in [-0.2, 0) is 4.79 Å². The number of benzene rings is 1. The molecule has 1 aromatic carbocycles. The minimum Gasteiger partial charge on any atom is -0.356 e. The summed E-state index contributed by atoms with van der Waals surface area (Å²) in [6, 6.07) is 9.79. The van der Waals surface area contributed by atoms with Crippen LogP contribution in [0, 0.1) is 5.41 Å². The zero-order chi connectivity index (χ0) is 14.4. The summed E-state index contributed by atoms with van der Waals surface area (Å²) in [5, 5.41) is 3.02. The van der Waals surface area contributed by atoms with Gasteiger partial charge in [0.05, 0.1) is 5.41 Å². The van der Waals surface area contributed by atoms with Crippen LogP contribution < -0.4 is 5.32 Å². The van der Waals surface area contributed by atoms with Crippen molar-refractivity contribution in [3.05, 3.63) is 35.9 Å². The second kappa shape index (κ2) is 4.58. The fourth-order valence-electron chi connectivity index (χ4n) is 4.63. The van der Waals surface area contributed by atoms with E-state index in [1.165, 1.54) is 0 Å². The van der Waals surface area contributed by atoms with E-state index in [1.807, 2.05) is 35.2 Å². The lowest BCUT2D eigenvalue weighted by Gasteiger charge is -2.39. The van der Waals surface area contributed by atoms with E-state index in [2.05, 4.69) is 5.32 Å². The smallest absolute Gasteiger partial charge is 0.254 e. The van der Waals surface area contributed by atoms with Gasteiger partial charge in [-0.3, -0.25) is 9.59 Å². The molecular weight excluding hydrogens is 264 g/mol. The van der Waals surface area contributed by atoms with Gasteiger partial charge in [-0.15, -0.1) is 0 Å². The fourth-order valence-corrected chi connectivity index (χ4v) is 4.63. The van der Waals surface area contributed by atoms with Crippen molar-refractivity contribution in [2.75, 3.05) is 6.54 Å².